The number of alkyl halides is 1. The fraction of sp³-hybridized carbons (Fsp3) is 0.636. The molecule has 0 bridgehead atoms. The van der Waals surface area contributed by atoms with Crippen molar-refractivity contribution in [3.63, 3.8) is 0 Å². The van der Waals surface area contributed by atoms with Crippen LogP contribution in [-0.2, 0) is 9.47 Å². The standard InChI is InChI=1S/C11H15FN2O5/c1-5-4-14(11(17)13-10(5)16)7-3-6(15)8(19-7)9(12)18-2/h4,6-9,15H,3H2,1-2H3,(H,13,16,17)/t6-,7+,8-,9?/m0/s1. The monoisotopic (exact) mass is 274 g/mol. The summed E-state index contributed by atoms with van der Waals surface area (Å²) < 4.78 is 24.2. The van der Waals surface area contributed by atoms with Gasteiger partial charge < -0.3 is 14.6 Å². The number of methoxy groups -OCH3 is 1. The van der Waals surface area contributed by atoms with Crippen molar-refractivity contribution in [3.05, 3.63) is 32.6 Å². The molecule has 0 radical (unpaired) electrons. The highest BCUT2D eigenvalue weighted by atomic mass is 19.1. The molecule has 2 rings (SSSR count). The van der Waals surface area contributed by atoms with E-state index in [0.29, 0.717) is 5.56 Å². The average Bonchev–Trinajstić information content (AvgIpc) is 2.75. The van der Waals surface area contributed by atoms with Gasteiger partial charge >= 0.3 is 5.69 Å². The number of ether oxygens (including phenoxy) is 2. The summed E-state index contributed by atoms with van der Waals surface area (Å²) in [5.74, 6) is 0. The number of hydrogen-bond acceptors (Lipinski definition) is 5. The van der Waals surface area contributed by atoms with Gasteiger partial charge in [0.05, 0.1) is 6.10 Å². The number of aliphatic hydroxyl groups excluding tert-OH is 1. The van der Waals surface area contributed by atoms with Crippen LogP contribution >= 0.6 is 0 Å². The van der Waals surface area contributed by atoms with E-state index in [2.05, 4.69) is 9.72 Å². The normalized spacial score (nSPS) is 28.5. The van der Waals surface area contributed by atoms with E-state index in [1.54, 1.807) is 0 Å². The first-order chi connectivity index (χ1) is 8.93. The number of nitrogens with one attached hydrogen (secondary N) is 1. The van der Waals surface area contributed by atoms with E-state index in [1.807, 2.05) is 0 Å². The molecule has 1 unspecified atom stereocenters. The number of aromatic nitrogens is 2. The molecule has 0 aromatic carbocycles. The second-order valence-electron chi connectivity index (χ2n) is 4.42. The molecule has 1 saturated heterocycles. The Morgan fingerprint density at radius 1 is 1.63 bits per heavy atom. The lowest BCUT2D eigenvalue weighted by Crippen LogP contribution is -2.34. The quantitative estimate of drug-likeness (QED) is 0.770. The third-order valence-electron chi connectivity index (χ3n) is 3.08. The van der Waals surface area contributed by atoms with Crippen LogP contribution in [0.4, 0.5) is 4.39 Å². The van der Waals surface area contributed by atoms with Crippen LogP contribution in [0.1, 0.15) is 18.2 Å². The number of halogens is 1. The van der Waals surface area contributed by atoms with E-state index in [0.717, 1.165) is 11.7 Å². The molecule has 0 spiro atoms. The molecule has 106 valence electrons. The molecule has 1 aliphatic heterocycles. The van der Waals surface area contributed by atoms with Gasteiger partial charge in [0, 0.05) is 25.3 Å². The SMILES string of the molecule is COC(F)[C@H]1O[C@@H](n2cc(C)c(=O)[nH]c2=O)C[C@@H]1O. The van der Waals surface area contributed by atoms with Gasteiger partial charge in [0.25, 0.3) is 5.56 Å². The van der Waals surface area contributed by atoms with Crippen LogP contribution in [0, 0.1) is 6.92 Å². The lowest BCUT2D eigenvalue weighted by Gasteiger charge is -2.18. The van der Waals surface area contributed by atoms with Crippen molar-refractivity contribution in [2.75, 3.05) is 7.11 Å². The highest BCUT2D eigenvalue weighted by molar-refractivity contribution is 5.02. The summed E-state index contributed by atoms with van der Waals surface area (Å²) in [6.07, 6.45) is -3.50. The summed E-state index contributed by atoms with van der Waals surface area (Å²) in [6.45, 7) is 1.53. The summed E-state index contributed by atoms with van der Waals surface area (Å²) in [5, 5.41) is 9.70. The highest BCUT2D eigenvalue weighted by Gasteiger charge is 2.40. The lowest BCUT2D eigenvalue weighted by atomic mass is 10.2. The van der Waals surface area contributed by atoms with Gasteiger partial charge in [-0.05, 0) is 6.92 Å². The molecular weight excluding hydrogens is 259 g/mol. The molecule has 4 atom stereocenters. The Balaban J connectivity index is 2.28. The first kappa shape index (κ1) is 13.9. The number of hydrogen-bond donors (Lipinski definition) is 2. The Bertz CT molecular complexity index is 569. The predicted octanol–water partition coefficient (Wildman–Crippen LogP) is -0.565. The van der Waals surface area contributed by atoms with Gasteiger partial charge in [-0.25, -0.2) is 9.18 Å². The maximum atomic E-state index is 13.4. The minimum Gasteiger partial charge on any atom is -0.390 e. The van der Waals surface area contributed by atoms with Crippen LogP contribution in [0.3, 0.4) is 0 Å². The van der Waals surface area contributed by atoms with Crippen molar-refractivity contribution in [1.82, 2.24) is 9.55 Å². The maximum Gasteiger partial charge on any atom is 0.330 e. The zero-order valence-corrected chi connectivity index (χ0v) is 10.5. The van der Waals surface area contributed by atoms with E-state index in [9.17, 15) is 19.1 Å². The Labute approximate surface area is 107 Å². The van der Waals surface area contributed by atoms with Crippen molar-refractivity contribution in [2.45, 2.75) is 38.1 Å². The smallest absolute Gasteiger partial charge is 0.330 e. The summed E-state index contributed by atoms with van der Waals surface area (Å²) in [6, 6.07) is 0. The fourth-order valence-electron chi connectivity index (χ4n) is 2.02. The topological polar surface area (TPSA) is 93.5 Å². The first-order valence-electron chi connectivity index (χ1n) is 5.76. The summed E-state index contributed by atoms with van der Waals surface area (Å²) in [5.41, 5.74) is -0.831. The van der Waals surface area contributed by atoms with E-state index < -0.39 is 36.0 Å². The highest BCUT2D eigenvalue weighted by Crippen LogP contribution is 2.30. The van der Waals surface area contributed by atoms with Gasteiger partial charge in [0.1, 0.15) is 12.3 Å². The van der Waals surface area contributed by atoms with Crippen molar-refractivity contribution < 1.29 is 19.0 Å². The molecule has 0 amide bonds. The predicted molar refractivity (Wildman–Crippen MR) is 62.5 cm³/mol. The van der Waals surface area contributed by atoms with Gasteiger partial charge in [-0.15, -0.1) is 0 Å². The summed E-state index contributed by atoms with van der Waals surface area (Å²) >= 11 is 0. The molecule has 8 heteroatoms. The zero-order valence-electron chi connectivity index (χ0n) is 10.5. The van der Waals surface area contributed by atoms with E-state index in [-0.39, 0.29) is 6.42 Å². The molecule has 1 fully saturated rings. The molecule has 2 N–H and O–H groups in total. The lowest BCUT2D eigenvalue weighted by molar-refractivity contribution is -0.146. The second-order valence-corrected chi connectivity index (χ2v) is 4.42. The third-order valence-corrected chi connectivity index (χ3v) is 3.08. The van der Waals surface area contributed by atoms with Gasteiger partial charge in [-0.2, -0.15) is 0 Å². The van der Waals surface area contributed by atoms with Crippen LogP contribution in [0.15, 0.2) is 15.8 Å². The number of aromatic amines is 1. The molecule has 0 aliphatic carbocycles. The number of aliphatic hydroxyl groups is 1. The van der Waals surface area contributed by atoms with Crippen LogP contribution in [0.2, 0.25) is 0 Å². The Morgan fingerprint density at radius 2 is 2.32 bits per heavy atom. The number of rotatable bonds is 3. The third kappa shape index (κ3) is 2.60. The largest absolute Gasteiger partial charge is 0.390 e. The fourth-order valence-corrected chi connectivity index (χ4v) is 2.02. The van der Waals surface area contributed by atoms with E-state index >= 15 is 0 Å². The molecule has 0 saturated carbocycles. The number of H-pyrrole nitrogens is 1. The van der Waals surface area contributed by atoms with Crippen molar-refractivity contribution in [1.29, 1.82) is 0 Å². The van der Waals surface area contributed by atoms with E-state index in [4.69, 9.17) is 4.74 Å². The molecule has 2 heterocycles. The van der Waals surface area contributed by atoms with Gasteiger partial charge in [0.2, 0.25) is 6.36 Å². The van der Waals surface area contributed by atoms with Crippen LogP contribution < -0.4 is 11.2 Å². The summed E-state index contributed by atoms with van der Waals surface area (Å²) in [7, 11) is 1.16. The van der Waals surface area contributed by atoms with Crippen molar-refractivity contribution in [3.8, 4) is 0 Å². The summed E-state index contributed by atoms with van der Waals surface area (Å²) in [4.78, 5) is 25.0. The first-order valence-corrected chi connectivity index (χ1v) is 5.76. The molecule has 19 heavy (non-hydrogen) atoms. The van der Waals surface area contributed by atoms with E-state index in [1.165, 1.54) is 13.1 Å². The Kier molecular flexibility index (Phi) is 3.83. The average molecular weight is 274 g/mol. The Hall–Kier alpha value is -1.51. The molecule has 1 aromatic rings. The van der Waals surface area contributed by atoms with Gasteiger partial charge in [-0.3, -0.25) is 14.3 Å². The molecule has 7 nitrogen and oxygen atoms in total. The van der Waals surface area contributed by atoms with Gasteiger partial charge in [0.15, 0.2) is 0 Å². The van der Waals surface area contributed by atoms with Crippen LogP contribution in [-0.4, -0.2) is 40.3 Å². The van der Waals surface area contributed by atoms with Crippen molar-refractivity contribution in [2.24, 2.45) is 0 Å². The molecule has 1 aromatic heterocycles. The zero-order chi connectivity index (χ0) is 14.2. The van der Waals surface area contributed by atoms with Gasteiger partial charge in [-0.1, -0.05) is 0 Å². The maximum absolute atomic E-state index is 13.4. The minimum absolute atomic E-state index is 0.0415. The van der Waals surface area contributed by atoms with Crippen LogP contribution in [0.25, 0.3) is 0 Å². The number of nitrogens with zero attached hydrogens (tertiary/aromatic N) is 1. The van der Waals surface area contributed by atoms with Crippen LogP contribution in [0.5, 0.6) is 0 Å². The van der Waals surface area contributed by atoms with Crippen molar-refractivity contribution >= 4 is 0 Å². The minimum atomic E-state index is -1.78. The molecule has 1 aliphatic rings. The second kappa shape index (κ2) is 5.24. The Morgan fingerprint density at radius 3 is 2.95 bits per heavy atom. The number of aryl methyl sites for hydroxylation is 1. The molecular formula is C11H15FN2O5.